The predicted molar refractivity (Wildman–Crippen MR) is 81.0 cm³/mol. The van der Waals surface area contributed by atoms with Crippen molar-refractivity contribution < 1.29 is 24.2 Å². The molecule has 1 rings (SSSR count). The van der Waals surface area contributed by atoms with Crippen molar-refractivity contribution in [1.29, 1.82) is 0 Å². The van der Waals surface area contributed by atoms with Gasteiger partial charge in [0, 0.05) is 5.56 Å². The van der Waals surface area contributed by atoms with E-state index in [1.165, 1.54) is 20.1 Å². The maximum absolute atomic E-state index is 12.0. The molecular formula is C14H18BrNO5. The third kappa shape index (κ3) is 4.63. The predicted octanol–water partition coefficient (Wildman–Crippen LogP) is 2.45. The lowest BCUT2D eigenvalue weighted by atomic mass is 10.1. The summed E-state index contributed by atoms with van der Waals surface area (Å²) in [6.45, 7) is 3.90. The van der Waals surface area contributed by atoms with Crippen LogP contribution < -0.4 is 14.8 Å². The molecule has 0 aliphatic carbocycles. The standard InChI is InChI=1S/C14H18BrNO5/c1-4-5-21-12-10(15)6-9(7-11(12)20-3)13(17)16-8(2)14(18)19/h6-8H,4-5H2,1-3H3,(H,16,17)(H,18,19)/t8-/m1/s1. The fourth-order valence-electron chi connectivity index (χ4n) is 1.54. The number of benzene rings is 1. The molecule has 0 radical (unpaired) electrons. The maximum atomic E-state index is 12.0. The molecular weight excluding hydrogens is 342 g/mol. The minimum absolute atomic E-state index is 0.288. The molecule has 7 heteroatoms. The second-order valence-electron chi connectivity index (χ2n) is 4.37. The van der Waals surface area contributed by atoms with Crippen LogP contribution >= 0.6 is 15.9 Å². The number of amides is 1. The Kier molecular flexibility index (Phi) is 6.48. The fraction of sp³-hybridized carbons (Fsp3) is 0.429. The monoisotopic (exact) mass is 359 g/mol. The fourth-order valence-corrected chi connectivity index (χ4v) is 2.09. The smallest absolute Gasteiger partial charge is 0.325 e. The van der Waals surface area contributed by atoms with Crippen molar-refractivity contribution in [2.24, 2.45) is 0 Å². The molecule has 1 amide bonds. The number of nitrogens with one attached hydrogen (secondary N) is 1. The highest BCUT2D eigenvalue weighted by atomic mass is 79.9. The second kappa shape index (κ2) is 7.87. The third-order valence-electron chi connectivity index (χ3n) is 2.66. The number of ether oxygens (including phenoxy) is 2. The molecule has 0 heterocycles. The minimum Gasteiger partial charge on any atom is -0.493 e. The summed E-state index contributed by atoms with van der Waals surface area (Å²) < 4.78 is 11.4. The second-order valence-corrected chi connectivity index (χ2v) is 5.23. The quantitative estimate of drug-likeness (QED) is 0.780. The number of carbonyl (C=O) groups excluding carboxylic acids is 1. The largest absolute Gasteiger partial charge is 0.493 e. The molecule has 0 saturated carbocycles. The molecule has 6 nitrogen and oxygen atoms in total. The molecule has 0 unspecified atom stereocenters. The molecule has 0 aromatic heterocycles. The maximum Gasteiger partial charge on any atom is 0.325 e. The van der Waals surface area contributed by atoms with Crippen LogP contribution in [0.4, 0.5) is 0 Å². The number of halogens is 1. The normalized spacial score (nSPS) is 11.6. The van der Waals surface area contributed by atoms with Crippen molar-refractivity contribution in [3.05, 3.63) is 22.2 Å². The summed E-state index contributed by atoms with van der Waals surface area (Å²) in [5.41, 5.74) is 0.288. The number of carboxylic acid groups (broad SMARTS) is 1. The zero-order valence-corrected chi connectivity index (χ0v) is 13.7. The van der Waals surface area contributed by atoms with E-state index in [-0.39, 0.29) is 5.56 Å². The van der Waals surface area contributed by atoms with Gasteiger partial charge in [0.25, 0.3) is 5.91 Å². The molecule has 1 aromatic rings. The van der Waals surface area contributed by atoms with E-state index in [0.717, 1.165) is 6.42 Å². The number of carboxylic acids is 1. The van der Waals surface area contributed by atoms with E-state index < -0.39 is 17.9 Å². The van der Waals surface area contributed by atoms with Crippen molar-refractivity contribution in [3.8, 4) is 11.5 Å². The number of carbonyl (C=O) groups is 2. The van der Waals surface area contributed by atoms with Crippen molar-refractivity contribution >= 4 is 27.8 Å². The van der Waals surface area contributed by atoms with E-state index in [2.05, 4.69) is 21.2 Å². The number of methoxy groups -OCH3 is 1. The minimum atomic E-state index is -1.10. The van der Waals surface area contributed by atoms with Gasteiger partial charge in [-0.3, -0.25) is 9.59 Å². The van der Waals surface area contributed by atoms with Crippen LogP contribution in [0.5, 0.6) is 11.5 Å². The Balaban J connectivity index is 3.02. The Hall–Kier alpha value is -1.76. The molecule has 0 bridgehead atoms. The Bertz CT molecular complexity index is 532. The molecule has 116 valence electrons. The Morgan fingerprint density at radius 3 is 2.62 bits per heavy atom. The van der Waals surface area contributed by atoms with Gasteiger partial charge < -0.3 is 19.9 Å². The lowest BCUT2D eigenvalue weighted by Crippen LogP contribution is -2.38. The van der Waals surface area contributed by atoms with Crippen LogP contribution in [0, 0.1) is 0 Å². The van der Waals surface area contributed by atoms with Gasteiger partial charge in [-0.05, 0) is 41.4 Å². The number of rotatable bonds is 7. The van der Waals surface area contributed by atoms with E-state index in [9.17, 15) is 9.59 Å². The van der Waals surface area contributed by atoms with Crippen molar-refractivity contribution in [3.63, 3.8) is 0 Å². The lowest BCUT2D eigenvalue weighted by Gasteiger charge is -2.15. The topological polar surface area (TPSA) is 84.9 Å². The summed E-state index contributed by atoms with van der Waals surface area (Å²) in [7, 11) is 1.47. The third-order valence-corrected chi connectivity index (χ3v) is 3.25. The van der Waals surface area contributed by atoms with Crippen molar-refractivity contribution in [2.75, 3.05) is 13.7 Å². The van der Waals surface area contributed by atoms with Crippen molar-refractivity contribution in [1.82, 2.24) is 5.32 Å². The van der Waals surface area contributed by atoms with E-state index in [4.69, 9.17) is 14.6 Å². The average Bonchev–Trinajstić information content (AvgIpc) is 2.44. The Morgan fingerprint density at radius 1 is 1.43 bits per heavy atom. The summed E-state index contributed by atoms with van der Waals surface area (Å²) in [5, 5.41) is 11.2. The summed E-state index contributed by atoms with van der Waals surface area (Å²) in [5.74, 6) is -0.670. The average molecular weight is 360 g/mol. The summed E-state index contributed by atoms with van der Waals surface area (Å²) in [4.78, 5) is 22.8. The Morgan fingerprint density at radius 2 is 2.10 bits per heavy atom. The molecule has 21 heavy (non-hydrogen) atoms. The first-order chi connectivity index (χ1) is 9.90. The van der Waals surface area contributed by atoms with Gasteiger partial charge in [-0.2, -0.15) is 0 Å². The number of hydrogen-bond donors (Lipinski definition) is 2. The van der Waals surface area contributed by atoms with Crippen LogP contribution in [-0.2, 0) is 4.79 Å². The highest BCUT2D eigenvalue weighted by Crippen LogP contribution is 2.36. The van der Waals surface area contributed by atoms with Gasteiger partial charge in [0.05, 0.1) is 18.2 Å². The summed E-state index contributed by atoms with van der Waals surface area (Å²) in [6.07, 6.45) is 0.841. The van der Waals surface area contributed by atoms with Gasteiger partial charge in [-0.15, -0.1) is 0 Å². The first-order valence-electron chi connectivity index (χ1n) is 6.44. The van der Waals surface area contributed by atoms with E-state index in [1.807, 2.05) is 6.92 Å². The van der Waals surface area contributed by atoms with Gasteiger partial charge in [-0.25, -0.2) is 0 Å². The SMILES string of the molecule is CCCOc1c(Br)cc(C(=O)N[C@H](C)C(=O)O)cc1OC. The molecule has 0 aliphatic heterocycles. The van der Waals surface area contributed by atoms with Gasteiger partial charge >= 0.3 is 5.97 Å². The zero-order valence-electron chi connectivity index (χ0n) is 12.1. The van der Waals surface area contributed by atoms with E-state index in [0.29, 0.717) is 22.6 Å². The first-order valence-corrected chi connectivity index (χ1v) is 7.24. The van der Waals surface area contributed by atoms with Crippen LogP contribution in [0.15, 0.2) is 16.6 Å². The van der Waals surface area contributed by atoms with E-state index in [1.54, 1.807) is 6.07 Å². The lowest BCUT2D eigenvalue weighted by molar-refractivity contribution is -0.138. The highest BCUT2D eigenvalue weighted by molar-refractivity contribution is 9.10. The van der Waals surface area contributed by atoms with Crippen molar-refractivity contribution in [2.45, 2.75) is 26.3 Å². The van der Waals surface area contributed by atoms with E-state index >= 15 is 0 Å². The zero-order chi connectivity index (χ0) is 16.0. The van der Waals surface area contributed by atoms with Gasteiger partial charge in [0.2, 0.25) is 0 Å². The van der Waals surface area contributed by atoms with Crippen LogP contribution in [0.3, 0.4) is 0 Å². The number of aliphatic carboxylic acids is 1. The van der Waals surface area contributed by atoms with Crippen LogP contribution in [0.1, 0.15) is 30.6 Å². The van der Waals surface area contributed by atoms with Gasteiger partial charge in [0.1, 0.15) is 6.04 Å². The molecule has 0 fully saturated rings. The molecule has 0 aliphatic rings. The van der Waals surface area contributed by atoms with Gasteiger partial charge in [-0.1, -0.05) is 6.92 Å². The Labute approximate surface area is 131 Å². The number of hydrogen-bond acceptors (Lipinski definition) is 4. The van der Waals surface area contributed by atoms with Crippen LogP contribution in [0.25, 0.3) is 0 Å². The highest BCUT2D eigenvalue weighted by Gasteiger charge is 2.19. The molecule has 2 N–H and O–H groups in total. The molecule has 1 atom stereocenters. The summed E-state index contributed by atoms with van der Waals surface area (Å²) in [6, 6.07) is 2.11. The van der Waals surface area contributed by atoms with Gasteiger partial charge in [0.15, 0.2) is 11.5 Å². The summed E-state index contributed by atoms with van der Waals surface area (Å²) >= 11 is 3.33. The first kappa shape index (κ1) is 17.3. The molecule has 0 saturated heterocycles. The molecule has 1 aromatic carbocycles. The molecule has 0 spiro atoms. The van der Waals surface area contributed by atoms with Crippen LogP contribution in [0.2, 0.25) is 0 Å². The van der Waals surface area contributed by atoms with Crippen LogP contribution in [-0.4, -0.2) is 36.7 Å².